The summed E-state index contributed by atoms with van der Waals surface area (Å²) in [5.41, 5.74) is 4.40. The van der Waals surface area contributed by atoms with Crippen LogP contribution < -0.4 is 5.32 Å². The third-order valence-corrected chi connectivity index (χ3v) is 3.16. The van der Waals surface area contributed by atoms with Crippen LogP contribution in [0.1, 0.15) is 19.8 Å². The van der Waals surface area contributed by atoms with Crippen molar-refractivity contribution in [3.05, 3.63) is 23.0 Å². The minimum atomic E-state index is 1.01. The van der Waals surface area contributed by atoms with Gasteiger partial charge in [0, 0.05) is 32.9 Å². The minimum absolute atomic E-state index is 1.01. The first kappa shape index (κ1) is 10.6. The summed E-state index contributed by atoms with van der Waals surface area (Å²) in [5.74, 6) is 0. The lowest BCUT2D eigenvalue weighted by atomic mass is 10.0. The number of hydrogen-bond acceptors (Lipinski definition) is 3. The lowest BCUT2D eigenvalue weighted by Gasteiger charge is -2.30. The minimum Gasteiger partial charge on any atom is -0.376 e. The van der Waals surface area contributed by atoms with E-state index in [1.807, 2.05) is 0 Å². The van der Waals surface area contributed by atoms with Gasteiger partial charge in [-0.15, -0.1) is 0 Å². The molecule has 0 aromatic rings. The van der Waals surface area contributed by atoms with Gasteiger partial charge in [-0.3, -0.25) is 5.32 Å². The Morgan fingerprint density at radius 2 is 2.13 bits per heavy atom. The fourth-order valence-corrected chi connectivity index (χ4v) is 2.28. The largest absolute Gasteiger partial charge is 0.376 e. The molecule has 84 valence electrons. The van der Waals surface area contributed by atoms with Crippen molar-refractivity contribution in [2.24, 2.45) is 0 Å². The first-order chi connectivity index (χ1) is 7.18. The average molecular weight is 207 g/mol. The van der Waals surface area contributed by atoms with E-state index in [2.05, 4.69) is 42.2 Å². The molecule has 1 saturated heterocycles. The molecule has 0 aromatic heterocycles. The van der Waals surface area contributed by atoms with Crippen LogP contribution in [0.25, 0.3) is 0 Å². The molecule has 0 radical (unpaired) electrons. The van der Waals surface area contributed by atoms with Crippen LogP contribution >= 0.6 is 0 Å². The highest BCUT2D eigenvalue weighted by Crippen LogP contribution is 2.27. The maximum atomic E-state index is 3.39. The van der Waals surface area contributed by atoms with Gasteiger partial charge < -0.3 is 9.80 Å². The van der Waals surface area contributed by atoms with Gasteiger partial charge in [0.25, 0.3) is 0 Å². The summed E-state index contributed by atoms with van der Waals surface area (Å²) in [7, 11) is 4.27. The van der Waals surface area contributed by atoms with E-state index in [9.17, 15) is 0 Å². The van der Waals surface area contributed by atoms with E-state index in [1.165, 1.54) is 29.8 Å². The summed E-state index contributed by atoms with van der Waals surface area (Å²) in [6.07, 6.45) is 4.73. The van der Waals surface area contributed by atoms with Crippen molar-refractivity contribution in [1.82, 2.24) is 15.1 Å². The van der Waals surface area contributed by atoms with E-state index in [0.717, 1.165) is 19.8 Å². The van der Waals surface area contributed by atoms with Crippen molar-refractivity contribution in [2.45, 2.75) is 19.8 Å². The summed E-state index contributed by atoms with van der Waals surface area (Å²) in [6, 6.07) is 0. The lowest BCUT2D eigenvalue weighted by Crippen LogP contribution is -2.27. The Hall–Kier alpha value is -0.960. The summed E-state index contributed by atoms with van der Waals surface area (Å²) in [5, 5.41) is 3.39. The van der Waals surface area contributed by atoms with Crippen LogP contribution in [0.4, 0.5) is 0 Å². The molecule has 0 spiro atoms. The van der Waals surface area contributed by atoms with E-state index in [4.69, 9.17) is 0 Å². The van der Waals surface area contributed by atoms with Gasteiger partial charge in [-0.2, -0.15) is 0 Å². The topological polar surface area (TPSA) is 18.5 Å². The first-order valence-electron chi connectivity index (χ1n) is 5.72. The monoisotopic (exact) mass is 207 g/mol. The van der Waals surface area contributed by atoms with Gasteiger partial charge in [-0.1, -0.05) is 5.57 Å². The van der Waals surface area contributed by atoms with E-state index >= 15 is 0 Å². The number of hydrogen-bond donors (Lipinski definition) is 1. The van der Waals surface area contributed by atoms with Crippen molar-refractivity contribution < 1.29 is 0 Å². The van der Waals surface area contributed by atoms with Crippen LogP contribution in [-0.2, 0) is 0 Å². The SMILES string of the molecule is CC1=CC(N(C)C)=C(N2CCNC2)CC1. The standard InChI is InChI=1S/C12H21N3/c1-10-4-5-11(12(8-10)14(2)3)15-7-6-13-9-15/h8,13H,4-7,9H2,1-3H3. The summed E-state index contributed by atoms with van der Waals surface area (Å²) >= 11 is 0. The Balaban J connectivity index is 2.27. The Bertz CT molecular complexity index is 296. The van der Waals surface area contributed by atoms with Crippen LogP contribution in [0.3, 0.4) is 0 Å². The lowest BCUT2D eigenvalue weighted by molar-refractivity contribution is 0.372. The second-order valence-corrected chi connectivity index (χ2v) is 4.64. The molecular weight excluding hydrogens is 186 g/mol. The first-order valence-corrected chi connectivity index (χ1v) is 5.72. The highest BCUT2D eigenvalue weighted by Gasteiger charge is 2.20. The molecule has 15 heavy (non-hydrogen) atoms. The number of nitrogens with one attached hydrogen (secondary N) is 1. The van der Waals surface area contributed by atoms with Gasteiger partial charge >= 0.3 is 0 Å². The molecule has 1 aliphatic carbocycles. The number of likely N-dealkylation sites (N-methyl/N-ethyl adjacent to an activating group) is 1. The quantitative estimate of drug-likeness (QED) is 0.737. The van der Waals surface area contributed by atoms with Crippen molar-refractivity contribution in [3.63, 3.8) is 0 Å². The zero-order valence-corrected chi connectivity index (χ0v) is 10.0. The van der Waals surface area contributed by atoms with E-state index in [0.29, 0.717) is 0 Å². The number of nitrogens with zero attached hydrogens (tertiary/aromatic N) is 2. The molecule has 1 aliphatic heterocycles. The van der Waals surface area contributed by atoms with E-state index in [-0.39, 0.29) is 0 Å². The van der Waals surface area contributed by atoms with Crippen molar-refractivity contribution in [2.75, 3.05) is 33.9 Å². The predicted molar refractivity (Wildman–Crippen MR) is 63.3 cm³/mol. The summed E-state index contributed by atoms with van der Waals surface area (Å²) < 4.78 is 0. The Morgan fingerprint density at radius 3 is 2.73 bits per heavy atom. The molecule has 1 heterocycles. The van der Waals surface area contributed by atoms with Gasteiger partial charge in [-0.05, 0) is 25.8 Å². The van der Waals surface area contributed by atoms with E-state index < -0.39 is 0 Å². The smallest absolute Gasteiger partial charge is 0.0680 e. The molecule has 3 heteroatoms. The second kappa shape index (κ2) is 4.27. The van der Waals surface area contributed by atoms with Crippen LogP contribution in [0.5, 0.6) is 0 Å². The number of rotatable bonds is 2. The molecule has 2 rings (SSSR count). The van der Waals surface area contributed by atoms with Gasteiger partial charge in [-0.25, -0.2) is 0 Å². The van der Waals surface area contributed by atoms with Crippen LogP contribution in [0.15, 0.2) is 23.0 Å². The van der Waals surface area contributed by atoms with Gasteiger partial charge in [0.2, 0.25) is 0 Å². The Morgan fingerprint density at radius 1 is 1.33 bits per heavy atom. The molecule has 0 saturated carbocycles. The molecule has 3 nitrogen and oxygen atoms in total. The molecule has 1 N–H and O–H groups in total. The van der Waals surface area contributed by atoms with Crippen LogP contribution in [0, 0.1) is 0 Å². The van der Waals surface area contributed by atoms with Crippen molar-refractivity contribution >= 4 is 0 Å². The number of allylic oxidation sites excluding steroid dienone is 3. The fraction of sp³-hybridized carbons (Fsp3) is 0.667. The third-order valence-electron chi connectivity index (χ3n) is 3.16. The molecule has 1 fully saturated rings. The molecule has 0 unspecified atom stereocenters. The molecule has 0 bridgehead atoms. The maximum absolute atomic E-state index is 3.39. The zero-order valence-electron chi connectivity index (χ0n) is 10.0. The highest BCUT2D eigenvalue weighted by molar-refractivity contribution is 5.31. The fourth-order valence-electron chi connectivity index (χ4n) is 2.28. The average Bonchev–Trinajstić information content (AvgIpc) is 2.70. The van der Waals surface area contributed by atoms with Crippen molar-refractivity contribution in [1.29, 1.82) is 0 Å². The third kappa shape index (κ3) is 2.17. The van der Waals surface area contributed by atoms with Gasteiger partial charge in [0.1, 0.15) is 0 Å². The Labute approximate surface area is 92.4 Å². The van der Waals surface area contributed by atoms with Gasteiger partial charge in [0.05, 0.1) is 12.4 Å². The summed E-state index contributed by atoms with van der Waals surface area (Å²) in [6.45, 7) is 5.51. The van der Waals surface area contributed by atoms with Crippen molar-refractivity contribution in [3.8, 4) is 0 Å². The molecule has 0 aromatic carbocycles. The van der Waals surface area contributed by atoms with E-state index in [1.54, 1.807) is 0 Å². The predicted octanol–water partition coefficient (Wildman–Crippen LogP) is 1.36. The molecule has 2 aliphatic rings. The maximum Gasteiger partial charge on any atom is 0.0680 e. The van der Waals surface area contributed by atoms with Crippen LogP contribution in [0.2, 0.25) is 0 Å². The summed E-state index contributed by atoms with van der Waals surface area (Å²) in [4.78, 5) is 4.70. The zero-order chi connectivity index (χ0) is 10.8. The molecular formula is C12H21N3. The highest BCUT2D eigenvalue weighted by atomic mass is 15.3. The van der Waals surface area contributed by atoms with Gasteiger partial charge in [0.15, 0.2) is 0 Å². The second-order valence-electron chi connectivity index (χ2n) is 4.64. The van der Waals surface area contributed by atoms with Crippen LogP contribution in [-0.4, -0.2) is 43.7 Å². The molecule has 0 atom stereocenters. The normalized spacial score (nSPS) is 22.1. The molecule has 0 amide bonds. The Kier molecular flexibility index (Phi) is 3.00.